The average Bonchev–Trinajstić information content (AvgIpc) is 2.96. The summed E-state index contributed by atoms with van der Waals surface area (Å²) in [6.45, 7) is 0.417. The molecule has 1 N–H and O–H groups in total. The molecule has 0 saturated carbocycles. The van der Waals surface area contributed by atoms with Gasteiger partial charge < -0.3 is 9.47 Å². The molecule has 0 unspecified atom stereocenters. The number of aromatic nitrogens is 3. The molecule has 5 nitrogen and oxygen atoms in total. The van der Waals surface area contributed by atoms with Gasteiger partial charge in [-0.05, 0) is 17.7 Å². The summed E-state index contributed by atoms with van der Waals surface area (Å²) in [6.07, 6.45) is 3.13. The molecule has 0 spiro atoms. The molecule has 0 aliphatic rings. The molecule has 1 aromatic carbocycles. The van der Waals surface area contributed by atoms with E-state index in [1.54, 1.807) is 18.3 Å². The Morgan fingerprint density at radius 2 is 1.90 bits per heavy atom. The summed E-state index contributed by atoms with van der Waals surface area (Å²) in [7, 11) is 0. The summed E-state index contributed by atoms with van der Waals surface area (Å²) in [5.74, 6) is 1.35. The summed E-state index contributed by atoms with van der Waals surface area (Å²) in [5.41, 5.74) is 1.05. The van der Waals surface area contributed by atoms with Crippen molar-refractivity contribution in [2.45, 2.75) is 6.61 Å². The lowest BCUT2D eigenvalue weighted by Crippen LogP contribution is -1.97. The van der Waals surface area contributed by atoms with Crippen LogP contribution < -0.4 is 9.47 Å². The van der Waals surface area contributed by atoms with Crippen LogP contribution in [0.4, 0.5) is 0 Å². The van der Waals surface area contributed by atoms with Crippen LogP contribution in [-0.2, 0) is 6.61 Å². The van der Waals surface area contributed by atoms with Crippen molar-refractivity contribution in [3.05, 3.63) is 65.6 Å². The van der Waals surface area contributed by atoms with Crippen molar-refractivity contribution in [2.75, 3.05) is 0 Å². The number of halogens is 1. The Balaban J connectivity index is 1.71. The topological polar surface area (TPSA) is 60.0 Å². The van der Waals surface area contributed by atoms with Crippen LogP contribution in [0.3, 0.4) is 0 Å². The summed E-state index contributed by atoms with van der Waals surface area (Å²) < 4.78 is 11.3. The van der Waals surface area contributed by atoms with Crippen molar-refractivity contribution < 1.29 is 9.47 Å². The van der Waals surface area contributed by atoms with Crippen LogP contribution in [0.2, 0.25) is 5.15 Å². The van der Waals surface area contributed by atoms with Gasteiger partial charge in [-0.3, -0.25) is 0 Å². The second kappa shape index (κ2) is 6.28. The summed E-state index contributed by atoms with van der Waals surface area (Å²) in [6, 6.07) is 13.3. The summed E-state index contributed by atoms with van der Waals surface area (Å²) >= 11 is 5.96. The van der Waals surface area contributed by atoms with E-state index in [2.05, 4.69) is 15.2 Å². The van der Waals surface area contributed by atoms with Gasteiger partial charge in [0, 0.05) is 6.20 Å². The molecule has 0 bridgehead atoms. The molecule has 0 saturated heterocycles. The van der Waals surface area contributed by atoms with E-state index in [0.717, 1.165) is 5.56 Å². The first-order valence-electron chi connectivity index (χ1n) is 6.31. The van der Waals surface area contributed by atoms with Crippen LogP contribution in [-0.4, -0.2) is 15.2 Å². The molecule has 6 heteroatoms. The standard InChI is InChI=1S/C15H12ClN3O2/c16-14-12(7-4-8-17-14)21-13-9-18-19-15(13)20-10-11-5-2-1-3-6-11/h1-9H,10H2,(H,18,19). The minimum absolute atomic E-state index is 0.285. The Bertz CT molecular complexity index is 716. The first-order chi connectivity index (χ1) is 10.3. The number of pyridine rings is 1. The lowest BCUT2D eigenvalue weighted by atomic mass is 10.2. The van der Waals surface area contributed by atoms with E-state index in [-0.39, 0.29) is 5.15 Å². The Morgan fingerprint density at radius 1 is 1.05 bits per heavy atom. The molecule has 0 aliphatic heterocycles. The van der Waals surface area contributed by atoms with Crippen LogP contribution in [0.1, 0.15) is 5.56 Å². The second-order valence-electron chi connectivity index (χ2n) is 4.23. The molecular formula is C15H12ClN3O2. The van der Waals surface area contributed by atoms with Crippen molar-refractivity contribution in [2.24, 2.45) is 0 Å². The Hall–Kier alpha value is -2.53. The fourth-order valence-corrected chi connectivity index (χ4v) is 1.89. The molecule has 0 aliphatic carbocycles. The second-order valence-corrected chi connectivity index (χ2v) is 4.59. The minimum atomic E-state index is 0.285. The zero-order valence-corrected chi connectivity index (χ0v) is 11.7. The fraction of sp³-hybridized carbons (Fsp3) is 0.0667. The van der Waals surface area contributed by atoms with E-state index >= 15 is 0 Å². The third-order valence-corrected chi connectivity index (χ3v) is 3.03. The summed E-state index contributed by atoms with van der Waals surface area (Å²) in [4.78, 5) is 3.95. The number of aromatic amines is 1. The number of hydrogen-bond acceptors (Lipinski definition) is 4. The first kappa shape index (κ1) is 13.5. The van der Waals surface area contributed by atoms with Crippen molar-refractivity contribution in [1.29, 1.82) is 0 Å². The predicted molar refractivity (Wildman–Crippen MR) is 78.7 cm³/mol. The van der Waals surface area contributed by atoms with E-state index in [1.165, 1.54) is 6.20 Å². The van der Waals surface area contributed by atoms with Crippen LogP contribution in [0.25, 0.3) is 0 Å². The number of ether oxygens (including phenoxy) is 2. The lowest BCUT2D eigenvalue weighted by molar-refractivity contribution is 0.280. The van der Waals surface area contributed by atoms with Gasteiger partial charge >= 0.3 is 0 Å². The third-order valence-electron chi connectivity index (χ3n) is 2.74. The predicted octanol–water partition coefficient (Wildman–Crippen LogP) is 3.83. The highest BCUT2D eigenvalue weighted by molar-refractivity contribution is 6.30. The monoisotopic (exact) mass is 301 g/mol. The van der Waals surface area contributed by atoms with Gasteiger partial charge in [0.1, 0.15) is 6.61 Å². The van der Waals surface area contributed by atoms with Gasteiger partial charge in [-0.2, -0.15) is 5.10 Å². The molecule has 2 heterocycles. The Morgan fingerprint density at radius 3 is 2.71 bits per heavy atom. The highest BCUT2D eigenvalue weighted by Gasteiger charge is 2.11. The van der Waals surface area contributed by atoms with Gasteiger partial charge in [-0.15, -0.1) is 0 Å². The maximum atomic E-state index is 5.96. The van der Waals surface area contributed by atoms with Gasteiger partial charge in [0.05, 0.1) is 6.20 Å². The molecule has 2 aromatic heterocycles. The molecule has 3 rings (SSSR count). The molecule has 0 atom stereocenters. The third kappa shape index (κ3) is 3.32. The highest BCUT2D eigenvalue weighted by atomic mass is 35.5. The number of rotatable bonds is 5. The Kier molecular flexibility index (Phi) is 4.02. The fourth-order valence-electron chi connectivity index (χ4n) is 1.73. The maximum absolute atomic E-state index is 5.96. The van der Waals surface area contributed by atoms with Crippen LogP contribution in [0.5, 0.6) is 17.4 Å². The van der Waals surface area contributed by atoms with Gasteiger partial charge in [-0.25, -0.2) is 10.1 Å². The molecule has 106 valence electrons. The number of nitrogens with one attached hydrogen (secondary N) is 1. The van der Waals surface area contributed by atoms with Crippen molar-refractivity contribution in [3.63, 3.8) is 0 Å². The van der Waals surface area contributed by atoms with E-state index in [1.807, 2.05) is 30.3 Å². The van der Waals surface area contributed by atoms with Crippen molar-refractivity contribution >= 4 is 11.6 Å². The average molecular weight is 302 g/mol. The zero-order chi connectivity index (χ0) is 14.5. The van der Waals surface area contributed by atoms with Gasteiger partial charge in [0.15, 0.2) is 10.9 Å². The van der Waals surface area contributed by atoms with Gasteiger partial charge in [0.25, 0.3) is 5.88 Å². The van der Waals surface area contributed by atoms with Gasteiger partial charge in [-0.1, -0.05) is 41.9 Å². The van der Waals surface area contributed by atoms with E-state index in [9.17, 15) is 0 Å². The molecule has 0 fully saturated rings. The Labute approximate surface area is 126 Å². The van der Waals surface area contributed by atoms with E-state index in [0.29, 0.717) is 24.0 Å². The normalized spacial score (nSPS) is 10.3. The molecule has 21 heavy (non-hydrogen) atoms. The number of benzene rings is 1. The van der Waals surface area contributed by atoms with E-state index in [4.69, 9.17) is 21.1 Å². The minimum Gasteiger partial charge on any atom is -0.470 e. The first-order valence-corrected chi connectivity index (χ1v) is 6.69. The van der Waals surface area contributed by atoms with Crippen molar-refractivity contribution in [3.8, 4) is 17.4 Å². The molecule has 3 aromatic rings. The molecular weight excluding hydrogens is 290 g/mol. The maximum Gasteiger partial charge on any atom is 0.253 e. The summed E-state index contributed by atoms with van der Waals surface area (Å²) in [5, 5.41) is 6.96. The van der Waals surface area contributed by atoms with Crippen LogP contribution in [0.15, 0.2) is 54.9 Å². The number of nitrogens with zero attached hydrogens (tertiary/aromatic N) is 2. The van der Waals surface area contributed by atoms with Crippen LogP contribution >= 0.6 is 11.6 Å². The van der Waals surface area contributed by atoms with Crippen molar-refractivity contribution in [1.82, 2.24) is 15.2 Å². The van der Waals surface area contributed by atoms with Crippen LogP contribution in [0, 0.1) is 0 Å². The number of hydrogen-bond donors (Lipinski definition) is 1. The zero-order valence-electron chi connectivity index (χ0n) is 11.0. The van der Waals surface area contributed by atoms with E-state index < -0.39 is 0 Å². The highest BCUT2D eigenvalue weighted by Crippen LogP contribution is 2.32. The lowest BCUT2D eigenvalue weighted by Gasteiger charge is -2.08. The van der Waals surface area contributed by atoms with Gasteiger partial charge in [0.2, 0.25) is 5.75 Å². The molecule has 0 amide bonds. The molecule has 0 radical (unpaired) electrons. The smallest absolute Gasteiger partial charge is 0.253 e. The SMILES string of the molecule is Clc1ncccc1Oc1cn[nH]c1OCc1ccccc1. The quantitative estimate of drug-likeness (QED) is 0.728. The largest absolute Gasteiger partial charge is 0.470 e. The number of H-pyrrole nitrogens is 1.